The molecule has 2 rings (SSSR count). The number of anilines is 1. The molecule has 0 heterocycles. The Morgan fingerprint density at radius 3 is 2.60 bits per heavy atom. The van der Waals surface area contributed by atoms with Crippen molar-refractivity contribution in [1.29, 1.82) is 5.26 Å². The molecule has 0 saturated heterocycles. The fourth-order valence-corrected chi connectivity index (χ4v) is 2.15. The highest BCUT2D eigenvalue weighted by Crippen LogP contribution is 2.25. The van der Waals surface area contributed by atoms with Crippen LogP contribution in [0.5, 0.6) is 0 Å². The zero-order chi connectivity index (χ0) is 14.7. The molecule has 0 radical (unpaired) electrons. The first kappa shape index (κ1) is 14.9. The molecule has 0 fully saturated rings. The van der Waals surface area contributed by atoms with Gasteiger partial charge in [0.05, 0.1) is 16.3 Å². The molecule has 0 aromatic heterocycles. The Labute approximate surface area is 134 Å². The summed E-state index contributed by atoms with van der Waals surface area (Å²) in [5, 5.41) is 12.5. The summed E-state index contributed by atoms with van der Waals surface area (Å²) in [7, 11) is 0. The zero-order valence-electron chi connectivity index (χ0n) is 9.95. The first-order valence-corrected chi connectivity index (χ1v) is 7.02. The molecule has 100 valence electrons. The summed E-state index contributed by atoms with van der Waals surface area (Å²) in [5.41, 5.74) is 1.09. The molecule has 1 amide bonds. The van der Waals surface area contributed by atoms with Crippen molar-refractivity contribution in [2.45, 2.75) is 0 Å². The highest BCUT2D eigenvalue weighted by atomic mass is 79.9. The summed E-state index contributed by atoms with van der Waals surface area (Å²) in [6.45, 7) is 0. The summed E-state index contributed by atoms with van der Waals surface area (Å²) in [6, 6.07) is 11.5. The van der Waals surface area contributed by atoms with Crippen LogP contribution in [0.4, 0.5) is 5.69 Å². The van der Waals surface area contributed by atoms with Crippen LogP contribution in [0.3, 0.4) is 0 Å². The standard InChI is InChI=1S/C14H7BrCl2N2O/c15-11-4-2-8(5-12(11)17)14(20)19-13-6-10(16)3-1-9(13)7-18/h1-6H,(H,19,20). The number of hydrogen-bond acceptors (Lipinski definition) is 2. The van der Waals surface area contributed by atoms with E-state index in [1.54, 1.807) is 24.3 Å². The van der Waals surface area contributed by atoms with Gasteiger partial charge in [-0.1, -0.05) is 23.2 Å². The predicted molar refractivity (Wildman–Crippen MR) is 83.3 cm³/mol. The molecule has 0 aliphatic heterocycles. The lowest BCUT2D eigenvalue weighted by Crippen LogP contribution is -2.12. The first-order valence-electron chi connectivity index (χ1n) is 5.47. The molecule has 0 aliphatic rings. The van der Waals surface area contributed by atoms with Gasteiger partial charge in [-0.25, -0.2) is 0 Å². The fraction of sp³-hybridized carbons (Fsp3) is 0. The minimum atomic E-state index is -0.363. The van der Waals surface area contributed by atoms with Gasteiger partial charge in [-0.15, -0.1) is 0 Å². The van der Waals surface area contributed by atoms with Crippen LogP contribution in [0.2, 0.25) is 10.0 Å². The summed E-state index contributed by atoms with van der Waals surface area (Å²) in [6.07, 6.45) is 0. The number of nitrogens with zero attached hydrogens (tertiary/aromatic N) is 1. The molecule has 6 heteroatoms. The van der Waals surface area contributed by atoms with E-state index in [0.717, 1.165) is 0 Å². The van der Waals surface area contributed by atoms with Crippen molar-refractivity contribution >= 4 is 50.7 Å². The molecule has 0 saturated carbocycles. The lowest BCUT2D eigenvalue weighted by atomic mass is 10.1. The maximum atomic E-state index is 12.1. The van der Waals surface area contributed by atoms with Crippen molar-refractivity contribution in [2.75, 3.05) is 5.32 Å². The SMILES string of the molecule is N#Cc1ccc(Cl)cc1NC(=O)c1ccc(Br)c(Cl)c1. The van der Waals surface area contributed by atoms with Crippen molar-refractivity contribution < 1.29 is 4.79 Å². The number of rotatable bonds is 2. The van der Waals surface area contributed by atoms with Crippen LogP contribution >= 0.6 is 39.1 Å². The zero-order valence-corrected chi connectivity index (χ0v) is 13.1. The summed E-state index contributed by atoms with van der Waals surface area (Å²) < 4.78 is 0.705. The second-order valence-electron chi connectivity index (χ2n) is 3.88. The molecule has 0 unspecified atom stereocenters. The number of hydrogen-bond donors (Lipinski definition) is 1. The smallest absolute Gasteiger partial charge is 0.255 e. The van der Waals surface area contributed by atoms with E-state index in [1.807, 2.05) is 6.07 Å². The van der Waals surface area contributed by atoms with Gasteiger partial charge in [-0.05, 0) is 52.3 Å². The fourth-order valence-electron chi connectivity index (χ4n) is 1.55. The Hall–Kier alpha value is -1.54. The Bertz CT molecular complexity index is 726. The van der Waals surface area contributed by atoms with E-state index in [0.29, 0.717) is 31.3 Å². The first-order chi connectivity index (χ1) is 9.51. The van der Waals surface area contributed by atoms with Crippen molar-refractivity contribution in [3.63, 3.8) is 0 Å². The molecule has 3 nitrogen and oxygen atoms in total. The van der Waals surface area contributed by atoms with E-state index in [-0.39, 0.29) is 5.91 Å². The lowest BCUT2D eigenvalue weighted by Gasteiger charge is -2.08. The molecule has 0 bridgehead atoms. The maximum absolute atomic E-state index is 12.1. The third-order valence-corrected chi connectivity index (χ3v) is 4.00. The Morgan fingerprint density at radius 1 is 1.20 bits per heavy atom. The van der Waals surface area contributed by atoms with Gasteiger partial charge in [-0.2, -0.15) is 5.26 Å². The predicted octanol–water partition coefficient (Wildman–Crippen LogP) is 4.88. The number of carbonyl (C=O) groups is 1. The van der Waals surface area contributed by atoms with Gasteiger partial charge in [-0.3, -0.25) is 4.79 Å². The second kappa shape index (κ2) is 6.27. The number of benzene rings is 2. The van der Waals surface area contributed by atoms with E-state index in [4.69, 9.17) is 28.5 Å². The van der Waals surface area contributed by atoms with Gasteiger partial charge in [0.2, 0.25) is 0 Å². The van der Waals surface area contributed by atoms with Crippen molar-refractivity contribution in [1.82, 2.24) is 0 Å². The van der Waals surface area contributed by atoms with Gasteiger partial charge in [0.1, 0.15) is 6.07 Å². The van der Waals surface area contributed by atoms with Crippen LogP contribution in [0.25, 0.3) is 0 Å². The molecular weight excluding hydrogens is 363 g/mol. The largest absolute Gasteiger partial charge is 0.321 e. The molecule has 0 aliphatic carbocycles. The maximum Gasteiger partial charge on any atom is 0.255 e. The molecule has 1 N–H and O–H groups in total. The highest BCUT2D eigenvalue weighted by Gasteiger charge is 2.11. The van der Waals surface area contributed by atoms with E-state index < -0.39 is 0 Å². The molecule has 2 aromatic carbocycles. The Kier molecular flexibility index (Phi) is 4.66. The van der Waals surface area contributed by atoms with Crippen molar-refractivity contribution in [2.24, 2.45) is 0 Å². The average Bonchev–Trinajstić information content (AvgIpc) is 2.42. The van der Waals surface area contributed by atoms with Gasteiger partial charge in [0, 0.05) is 15.1 Å². The van der Waals surface area contributed by atoms with E-state index in [1.165, 1.54) is 12.1 Å². The third kappa shape index (κ3) is 3.31. The van der Waals surface area contributed by atoms with Gasteiger partial charge < -0.3 is 5.32 Å². The van der Waals surface area contributed by atoms with Crippen molar-refractivity contribution in [3.8, 4) is 6.07 Å². The number of nitrogens with one attached hydrogen (secondary N) is 1. The number of nitriles is 1. The number of halogens is 3. The van der Waals surface area contributed by atoms with Gasteiger partial charge >= 0.3 is 0 Å². The number of amides is 1. The number of carbonyl (C=O) groups excluding carboxylic acids is 1. The van der Waals surface area contributed by atoms with Gasteiger partial charge in [0.15, 0.2) is 0 Å². The summed E-state index contributed by atoms with van der Waals surface area (Å²) >= 11 is 15.1. The normalized spacial score (nSPS) is 9.90. The van der Waals surface area contributed by atoms with E-state index in [2.05, 4.69) is 21.2 Å². The van der Waals surface area contributed by atoms with Crippen LogP contribution in [0, 0.1) is 11.3 Å². The minimum Gasteiger partial charge on any atom is -0.321 e. The van der Waals surface area contributed by atoms with Crippen molar-refractivity contribution in [3.05, 3.63) is 62.0 Å². The lowest BCUT2D eigenvalue weighted by molar-refractivity contribution is 0.102. The summed E-state index contributed by atoms with van der Waals surface area (Å²) in [5.74, 6) is -0.363. The topological polar surface area (TPSA) is 52.9 Å². The molecule has 0 spiro atoms. The second-order valence-corrected chi connectivity index (χ2v) is 5.58. The summed E-state index contributed by atoms with van der Waals surface area (Å²) in [4.78, 5) is 12.1. The molecular formula is C14H7BrCl2N2O. The van der Waals surface area contributed by atoms with Crippen LogP contribution in [0.15, 0.2) is 40.9 Å². The van der Waals surface area contributed by atoms with Crippen LogP contribution in [-0.4, -0.2) is 5.91 Å². The molecule has 20 heavy (non-hydrogen) atoms. The average molecular weight is 370 g/mol. The quantitative estimate of drug-likeness (QED) is 0.820. The highest BCUT2D eigenvalue weighted by molar-refractivity contribution is 9.10. The van der Waals surface area contributed by atoms with Crippen LogP contribution < -0.4 is 5.32 Å². The molecule has 2 aromatic rings. The van der Waals surface area contributed by atoms with E-state index in [9.17, 15) is 4.79 Å². The minimum absolute atomic E-state index is 0.339. The van der Waals surface area contributed by atoms with E-state index >= 15 is 0 Å². The molecule has 0 atom stereocenters. The van der Waals surface area contributed by atoms with Gasteiger partial charge in [0.25, 0.3) is 5.91 Å². The third-order valence-electron chi connectivity index (χ3n) is 2.53. The van der Waals surface area contributed by atoms with Crippen LogP contribution in [0.1, 0.15) is 15.9 Å². The Balaban J connectivity index is 2.30. The Morgan fingerprint density at radius 2 is 1.95 bits per heavy atom. The monoisotopic (exact) mass is 368 g/mol. The van der Waals surface area contributed by atoms with Crippen LogP contribution in [-0.2, 0) is 0 Å².